The van der Waals surface area contributed by atoms with Gasteiger partial charge in [-0.05, 0) is 50.6 Å². The minimum Gasteiger partial charge on any atom is -0.481 e. The molecular weight excluding hydrogens is 332 g/mol. The molecule has 0 aliphatic rings. The Labute approximate surface area is 153 Å². The lowest BCUT2D eigenvalue weighted by atomic mass is 9.96. The molecule has 0 amide bonds. The first-order valence-corrected chi connectivity index (χ1v) is 8.56. The first-order chi connectivity index (χ1) is 12.4. The highest BCUT2D eigenvalue weighted by molar-refractivity contribution is 5.71. The van der Waals surface area contributed by atoms with Crippen LogP contribution in [0, 0.1) is 26.7 Å². The summed E-state index contributed by atoms with van der Waals surface area (Å²) in [7, 11) is 0. The SMILES string of the molecule is C=CCOC(CO)C(Cc1cc(C)cc(-n2c(C)ccc2C)n1)C(=O)O. The van der Waals surface area contributed by atoms with Gasteiger partial charge in [-0.25, -0.2) is 4.98 Å². The number of aliphatic carboxylic acids is 1. The maximum absolute atomic E-state index is 11.7. The van der Waals surface area contributed by atoms with Crippen molar-refractivity contribution in [3.8, 4) is 5.82 Å². The van der Waals surface area contributed by atoms with E-state index < -0.39 is 18.0 Å². The Morgan fingerprint density at radius 3 is 2.50 bits per heavy atom. The van der Waals surface area contributed by atoms with Gasteiger partial charge in [-0.15, -0.1) is 6.58 Å². The minimum absolute atomic E-state index is 0.172. The smallest absolute Gasteiger partial charge is 0.309 e. The molecule has 26 heavy (non-hydrogen) atoms. The van der Waals surface area contributed by atoms with Crippen LogP contribution < -0.4 is 0 Å². The van der Waals surface area contributed by atoms with Crippen LogP contribution in [0.25, 0.3) is 5.82 Å². The fourth-order valence-corrected chi connectivity index (χ4v) is 3.06. The summed E-state index contributed by atoms with van der Waals surface area (Å²) >= 11 is 0. The van der Waals surface area contributed by atoms with E-state index in [0.29, 0.717) is 5.69 Å². The zero-order chi connectivity index (χ0) is 19.3. The molecule has 6 nitrogen and oxygen atoms in total. The molecule has 2 rings (SSSR count). The van der Waals surface area contributed by atoms with Crippen molar-refractivity contribution in [3.63, 3.8) is 0 Å². The second kappa shape index (κ2) is 8.78. The largest absolute Gasteiger partial charge is 0.481 e. The molecular formula is C20H26N2O4. The number of hydrogen-bond donors (Lipinski definition) is 2. The fourth-order valence-electron chi connectivity index (χ4n) is 3.06. The number of hydrogen-bond acceptors (Lipinski definition) is 4. The van der Waals surface area contributed by atoms with Gasteiger partial charge in [-0.3, -0.25) is 4.79 Å². The average Bonchev–Trinajstić information content (AvgIpc) is 2.92. The minimum atomic E-state index is -1.02. The van der Waals surface area contributed by atoms with E-state index in [4.69, 9.17) is 4.74 Å². The first-order valence-electron chi connectivity index (χ1n) is 8.56. The lowest BCUT2D eigenvalue weighted by Gasteiger charge is -2.22. The molecule has 6 heteroatoms. The van der Waals surface area contributed by atoms with Gasteiger partial charge in [0.25, 0.3) is 0 Å². The molecule has 2 heterocycles. The lowest BCUT2D eigenvalue weighted by Crippen LogP contribution is -2.35. The third-order valence-corrected chi connectivity index (χ3v) is 4.31. The predicted molar refractivity (Wildman–Crippen MR) is 99.6 cm³/mol. The van der Waals surface area contributed by atoms with Crippen molar-refractivity contribution in [2.45, 2.75) is 33.3 Å². The van der Waals surface area contributed by atoms with Gasteiger partial charge in [0.1, 0.15) is 5.82 Å². The van der Waals surface area contributed by atoms with Crippen LogP contribution in [0.3, 0.4) is 0 Å². The van der Waals surface area contributed by atoms with Crippen LogP contribution in [-0.2, 0) is 16.0 Å². The molecule has 2 aromatic rings. The van der Waals surface area contributed by atoms with Crippen molar-refractivity contribution in [1.29, 1.82) is 0 Å². The Balaban J connectivity index is 2.35. The number of nitrogens with zero attached hydrogens (tertiary/aromatic N) is 2. The second-order valence-electron chi connectivity index (χ2n) is 6.44. The number of aryl methyl sites for hydroxylation is 3. The highest BCUT2D eigenvalue weighted by Gasteiger charge is 2.29. The predicted octanol–water partition coefficient (Wildman–Crippen LogP) is 2.60. The summed E-state index contributed by atoms with van der Waals surface area (Å²) in [6.45, 7) is 9.32. The van der Waals surface area contributed by atoms with Crippen molar-refractivity contribution in [2.24, 2.45) is 5.92 Å². The first kappa shape index (κ1) is 19.9. The third kappa shape index (κ3) is 4.59. The van der Waals surface area contributed by atoms with Crippen LogP contribution in [-0.4, -0.2) is 45.1 Å². The third-order valence-electron chi connectivity index (χ3n) is 4.31. The van der Waals surface area contributed by atoms with Gasteiger partial charge in [-0.2, -0.15) is 0 Å². The molecule has 0 radical (unpaired) electrons. The Kier molecular flexibility index (Phi) is 6.71. The van der Waals surface area contributed by atoms with Crippen molar-refractivity contribution in [2.75, 3.05) is 13.2 Å². The number of aromatic nitrogens is 2. The number of carboxylic acids is 1. The van der Waals surface area contributed by atoms with Crippen LogP contribution in [0.2, 0.25) is 0 Å². The molecule has 2 unspecified atom stereocenters. The molecule has 140 valence electrons. The van der Waals surface area contributed by atoms with Crippen molar-refractivity contribution >= 4 is 5.97 Å². The quantitative estimate of drug-likeness (QED) is 0.673. The summed E-state index contributed by atoms with van der Waals surface area (Å²) in [5.74, 6) is -1.16. The number of rotatable bonds is 9. The van der Waals surface area contributed by atoms with Crippen molar-refractivity contribution < 1.29 is 19.7 Å². The van der Waals surface area contributed by atoms with E-state index in [9.17, 15) is 15.0 Å². The van der Waals surface area contributed by atoms with E-state index in [-0.39, 0.29) is 19.6 Å². The monoisotopic (exact) mass is 358 g/mol. The normalized spacial score (nSPS) is 13.4. The van der Waals surface area contributed by atoms with Gasteiger partial charge in [0.2, 0.25) is 0 Å². The van der Waals surface area contributed by atoms with Gasteiger partial charge in [0, 0.05) is 23.5 Å². The maximum Gasteiger partial charge on any atom is 0.309 e. The Hall–Kier alpha value is -2.44. The molecule has 0 aromatic carbocycles. The van der Waals surface area contributed by atoms with Gasteiger partial charge < -0.3 is 19.5 Å². The molecule has 0 saturated carbocycles. The van der Waals surface area contributed by atoms with E-state index in [2.05, 4.69) is 11.6 Å². The van der Waals surface area contributed by atoms with Crippen LogP contribution >= 0.6 is 0 Å². The molecule has 2 atom stereocenters. The molecule has 2 N–H and O–H groups in total. The highest BCUT2D eigenvalue weighted by Crippen LogP contribution is 2.20. The average molecular weight is 358 g/mol. The number of pyridine rings is 1. The van der Waals surface area contributed by atoms with Gasteiger partial charge in [0.05, 0.1) is 25.2 Å². The maximum atomic E-state index is 11.7. The molecule has 0 fully saturated rings. The summed E-state index contributed by atoms with van der Waals surface area (Å²) in [6.07, 6.45) is 0.889. The molecule has 2 aromatic heterocycles. The second-order valence-corrected chi connectivity index (χ2v) is 6.44. The molecule has 0 saturated heterocycles. The molecule has 0 aliphatic carbocycles. The lowest BCUT2D eigenvalue weighted by molar-refractivity contribution is -0.148. The molecule has 0 bridgehead atoms. The number of ether oxygens (including phenoxy) is 1. The van der Waals surface area contributed by atoms with Crippen LogP contribution in [0.5, 0.6) is 0 Å². The number of carboxylic acid groups (broad SMARTS) is 1. The van der Waals surface area contributed by atoms with Crippen LogP contribution in [0.1, 0.15) is 22.6 Å². The summed E-state index contributed by atoms with van der Waals surface area (Å²) < 4.78 is 7.46. The van der Waals surface area contributed by atoms with E-state index in [1.54, 1.807) is 0 Å². The van der Waals surface area contributed by atoms with Gasteiger partial charge in [0.15, 0.2) is 0 Å². The Morgan fingerprint density at radius 1 is 1.31 bits per heavy atom. The Bertz CT molecular complexity index is 763. The molecule has 0 spiro atoms. The van der Waals surface area contributed by atoms with E-state index in [1.165, 1.54) is 6.08 Å². The summed E-state index contributed by atoms with van der Waals surface area (Å²) in [4.78, 5) is 16.4. The van der Waals surface area contributed by atoms with Crippen LogP contribution in [0.4, 0.5) is 0 Å². The number of aliphatic hydroxyl groups excluding tert-OH is 1. The van der Waals surface area contributed by atoms with Crippen molar-refractivity contribution in [1.82, 2.24) is 9.55 Å². The standard InChI is InChI=1S/C20H26N2O4/c1-5-8-26-18(12-23)17(20(24)25)11-16-9-13(2)10-19(21-16)22-14(3)6-7-15(22)4/h5-7,9-10,17-18,23H,1,8,11-12H2,2-4H3,(H,24,25). The van der Waals surface area contributed by atoms with E-state index in [1.807, 2.05) is 49.6 Å². The van der Waals surface area contributed by atoms with Gasteiger partial charge >= 0.3 is 5.97 Å². The number of aliphatic hydroxyl groups is 1. The van der Waals surface area contributed by atoms with Crippen LogP contribution in [0.15, 0.2) is 36.9 Å². The number of carbonyl (C=O) groups is 1. The summed E-state index contributed by atoms with van der Waals surface area (Å²) in [5, 5.41) is 19.1. The molecule has 0 aliphatic heterocycles. The van der Waals surface area contributed by atoms with Gasteiger partial charge in [-0.1, -0.05) is 6.08 Å². The van der Waals surface area contributed by atoms with E-state index >= 15 is 0 Å². The van der Waals surface area contributed by atoms with Crippen molar-refractivity contribution in [3.05, 3.63) is 59.6 Å². The topological polar surface area (TPSA) is 84.6 Å². The Morgan fingerprint density at radius 2 is 1.96 bits per heavy atom. The zero-order valence-electron chi connectivity index (χ0n) is 15.5. The fraction of sp³-hybridized carbons (Fsp3) is 0.400. The van der Waals surface area contributed by atoms with E-state index in [0.717, 1.165) is 22.8 Å². The summed E-state index contributed by atoms with van der Waals surface area (Å²) in [6, 6.07) is 7.88. The summed E-state index contributed by atoms with van der Waals surface area (Å²) in [5.41, 5.74) is 3.77. The highest BCUT2D eigenvalue weighted by atomic mass is 16.5. The zero-order valence-corrected chi connectivity index (χ0v) is 15.5.